The minimum Gasteiger partial charge on any atom is -0.760 e. The number of benzene rings is 1. The Morgan fingerprint density at radius 3 is 2.71 bits per heavy atom. The number of halogens is 2. The van der Waals surface area contributed by atoms with Crippen LogP contribution in [0.5, 0.6) is 5.75 Å². The lowest BCUT2D eigenvalue weighted by molar-refractivity contribution is -0.0776. The second-order valence-electron chi connectivity index (χ2n) is 7.23. The summed E-state index contributed by atoms with van der Waals surface area (Å²) in [4.78, 5) is 0. The fraction of sp³-hybridized carbons (Fsp3) is 0.526. The minimum absolute atomic E-state index is 0.00155. The van der Waals surface area contributed by atoms with Crippen LogP contribution in [-0.4, -0.2) is 37.6 Å². The Hall–Kier alpha value is -1.84. The van der Waals surface area contributed by atoms with Crippen molar-refractivity contribution in [1.82, 2.24) is 14.5 Å². The van der Waals surface area contributed by atoms with Gasteiger partial charge in [-0.05, 0) is 56.0 Å². The molecule has 0 radical (unpaired) electrons. The smallest absolute Gasteiger partial charge is 0.248 e. The highest BCUT2D eigenvalue weighted by Crippen LogP contribution is 2.41. The molecule has 0 aliphatic heterocycles. The predicted molar refractivity (Wildman–Crippen MR) is 101 cm³/mol. The molecule has 3 rings (SSSR count). The van der Waals surface area contributed by atoms with E-state index in [0.29, 0.717) is 18.6 Å². The molecule has 1 aromatic heterocycles. The van der Waals surface area contributed by atoms with Gasteiger partial charge in [0.1, 0.15) is 5.75 Å². The summed E-state index contributed by atoms with van der Waals surface area (Å²) in [6.07, 6.45) is 2.22. The van der Waals surface area contributed by atoms with E-state index in [4.69, 9.17) is 4.74 Å². The standard InChI is InChI=1S/C19H25F2N3O3S/c1-14-7-10-22-24(14)17-2-4-18(5-3-17)27-13-16-12-19(20,21)9-6-15(16)8-11-23-28(25)26/h2-5,7,10,15-16,23H,6,8-9,11-13H2,1H3,(H,25,26)/p-1. The lowest BCUT2D eigenvalue weighted by Crippen LogP contribution is -2.37. The summed E-state index contributed by atoms with van der Waals surface area (Å²) in [5, 5.41) is 4.24. The number of hydrogen-bond acceptors (Lipinski definition) is 4. The first-order chi connectivity index (χ1) is 13.3. The van der Waals surface area contributed by atoms with E-state index >= 15 is 0 Å². The molecule has 0 spiro atoms. The summed E-state index contributed by atoms with van der Waals surface area (Å²) < 4.78 is 58.9. The van der Waals surface area contributed by atoms with Crippen molar-refractivity contribution in [3.8, 4) is 11.4 Å². The van der Waals surface area contributed by atoms with E-state index in [9.17, 15) is 17.5 Å². The molecule has 2 aromatic rings. The molecule has 154 valence electrons. The fourth-order valence-corrected chi connectivity index (χ4v) is 4.00. The number of aromatic nitrogens is 2. The quantitative estimate of drug-likeness (QED) is 0.674. The van der Waals surface area contributed by atoms with E-state index in [-0.39, 0.29) is 37.8 Å². The number of hydrogen-bond donors (Lipinski definition) is 1. The van der Waals surface area contributed by atoms with Gasteiger partial charge in [-0.1, -0.05) is 0 Å². The summed E-state index contributed by atoms with van der Waals surface area (Å²) in [6.45, 7) is 2.39. The summed E-state index contributed by atoms with van der Waals surface area (Å²) in [5.74, 6) is -2.40. The number of nitrogens with zero attached hydrogens (tertiary/aromatic N) is 2. The van der Waals surface area contributed by atoms with E-state index < -0.39 is 17.2 Å². The molecule has 0 amide bonds. The predicted octanol–water partition coefficient (Wildman–Crippen LogP) is 3.38. The minimum atomic E-state index is -2.69. The largest absolute Gasteiger partial charge is 0.760 e. The zero-order valence-electron chi connectivity index (χ0n) is 15.6. The Labute approximate surface area is 165 Å². The monoisotopic (exact) mass is 412 g/mol. The van der Waals surface area contributed by atoms with Crippen LogP contribution in [0.25, 0.3) is 5.69 Å². The highest BCUT2D eigenvalue weighted by Gasteiger charge is 2.41. The van der Waals surface area contributed by atoms with Crippen LogP contribution in [0, 0.1) is 18.8 Å². The summed E-state index contributed by atoms with van der Waals surface area (Å²) in [6, 6.07) is 9.25. The van der Waals surface area contributed by atoms with Gasteiger partial charge in [0.2, 0.25) is 5.92 Å². The van der Waals surface area contributed by atoms with Crippen LogP contribution in [0.1, 0.15) is 31.4 Å². The van der Waals surface area contributed by atoms with Crippen LogP contribution in [0.4, 0.5) is 8.78 Å². The molecule has 1 fully saturated rings. The average Bonchev–Trinajstić information content (AvgIpc) is 3.07. The number of rotatable bonds is 8. The van der Waals surface area contributed by atoms with Gasteiger partial charge in [0.25, 0.3) is 0 Å². The molecule has 1 N–H and O–H groups in total. The van der Waals surface area contributed by atoms with Gasteiger partial charge in [-0.3, -0.25) is 4.21 Å². The van der Waals surface area contributed by atoms with Gasteiger partial charge < -0.3 is 9.29 Å². The first-order valence-electron chi connectivity index (χ1n) is 9.28. The molecule has 3 unspecified atom stereocenters. The maximum atomic E-state index is 13.9. The first-order valence-corrected chi connectivity index (χ1v) is 10.4. The Balaban J connectivity index is 1.59. The molecule has 1 aliphatic rings. The zero-order chi connectivity index (χ0) is 20.1. The molecular formula is C19H24F2N3O3S-. The summed E-state index contributed by atoms with van der Waals surface area (Å²) >= 11 is -2.33. The fourth-order valence-electron chi connectivity index (χ4n) is 3.71. The lowest BCUT2D eigenvalue weighted by Gasteiger charge is -2.36. The number of aryl methyl sites for hydroxylation is 1. The van der Waals surface area contributed by atoms with Crippen molar-refractivity contribution < 1.29 is 22.3 Å². The van der Waals surface area contributed by atoms with E-state index in [0.717, 1.165) is 11.4 Å². The molecule has 9 heteroatoms. The molecule has 1 aromatic carbocycles. The van der Waals surface area contributed by atoms with Gasteiger partial charge in [0, 0.05) is 48.5 Å². The lowest BCUT2D eigenvalue weighted by atomic mass is 9.76. The van der Waals surface area contributed by atoms with Crippen molar-refractivity contribution in [2.45, 2.75) is 38.5 Å². The maximum absolute atomic E-state index is 13.9. The molecule has 0 saturated heterocycles. The first kappa shape index (κ1) is 20.9. The third-order valence-corrected chi connectivity index (χ3v) is 5.66. The van der Waals surface area contributed by atoms with Gasteiger partial charge >= 0.3 is 0 Å². The van der Waals surface area contributed by atoms with Crippen LogP contribution in [0.2, 0.25) is 0 Å². The Morgan fingerprint density at radius 1 is 1.32 bits per heavy atom. The molecule has 1 aliphatic carbocycles. The van der Waals surface area contributed by atoms with Crippen LogP contribution in [-0.2, 0) is 11.3 Å². The highest BCUT2D eigenvalue weighted by atomic mass is 32.2. The van der Waals surface area contributed by atoms with Gasteiger partial charge in [0.15, 0.2) is 0 Å². The molecule has 1 heterocycles. The van der Waals surface area contributed by atoms with E-state index in [1.54, 1.807) is 23.0 Å². The Kier molecular flexibility index (Phi) is 6.79. The van der Waals surface area contributed by atoms with Crippen molar-refractivity contribution in [3.63, 3.8) is 0 Å². The van der Waals surface area contributed by atoms with Crippen molar-refractivity contribution in [2.75, 3.05) is 13.2 Å². The Bertz CT molecular complexity index is 798. The molecule has 28 heavy (non-hydrogen) atoms. The second kappa shape index (κ2) is 9.11. The normalized spacial score (nSPS) is 22.7. The maximum Gasteiger partial charge on any atom is 0.248 e. The van der Waals surface area contributed by atoms with Crippen molar-refractivity contribution >= 4 is 11.3 Å². The topological polar surface area (TPSA) is 79.2 Å². The van der Waals surface area contributed by atoms with Gasteiger partial charge in [0.05, 0.1) is 12.3 Å². The number of ether oxygens (including phenoxy) is 1. The Morgan fingerprint density at radius 2 is 2.07 bits per heavy atom. The zero-order valence-corrected chi connectivity index (χ0v) is 16.5. The average molecular weight is 412 g/mol. The SMILES string of the molecule is Cc1ccnn1-c1ccc(OCC2CC(F)(F)CCC2CCNS(=O)[O-])cc1. The number of alkyl halides is 2. The molecule has 1 saturated carbocycles. The molecular weight excluding hydrogens is 388 g/mol. The molecule has 3 atom stereocenters. The van der Waals surface area contributed by atoms with Crippen molar-refractivity contribution in [1.29, 1.82) is 0 Å². The highest BCUT2D eigenvalue weighted by molar-refractivity contribution is 7.77. The summed E-state index contributed by atoms with van der Waals surface area (Å²) in [5.41, 5.74) is 1.90. The van der Waals surface area contributed by atoms with Crippen LogP contribution >= 0.6 is 0 Å². The molecule has 6 nitrogen and oxygen atoms in total. The van der Waals surface area contributed by atoms with Crippen LogP contribution in [0.15, 0.2) is 36.5 Å². The molecule has 0 bridgehead atoms. The van der Waals surface area contributed by atoms with Gasteiger partial charge in [-0.25, -0.2) is 18.2 Å². The van der Waals surface area contributed by atoms with Crippen molar-refractivity contribution in [2.24, 2.45) is 11.8 Å². The van der Waals surface area contributed by atoms with E-state index in [1.165, 1.54) is 0 Å². The van der Waals surface area contributed by atoms with E-state index in [2.05, 4.69) is 9.82 Å². The van der Waals surface area contributed by atoms with Crippen LogP contribution < -0.4 is 9.46 Å². The number of nitrogens with one attached hydrogen (secondary N) is 1. The third-order valence-electron chi connectivity index (χ3n) is 5.22. The van der Waals surface area contributed by atoms with E-state index in [1.807, 2.05) is 25.1 Å². The second-order valence-corrected chi connectivity index (χ2v) is 7.98. The third kappa shape index (κ3) is 5.59. The van der Waals surface area contributed by atoms with Crippen molar-refractivity contribution in [3.05, 3.63) is 42.2 Å². The van der Waals surface area contributed by atoms with Gasteiger partial charge in [-0.15, -0.1) is 0 Å². The van der Waals surface area contributed by atoms with Crippen LogP contribution in [0.3, 0.4) is 0 Å². The summed E-state index contributed by atoms with van der Waals surface area (Å²) in [7, 11) is 0. The van der Waals surface area contributed by atoms with Gasteiger partial charge in [-0.2, -0.15) is 5.10 Å².